The SMILES string of the molecule is COc1cc(C[N+]2(C)[C@@H]3CC[C@H]2CC(OC(=O)C2CCCC(C(=O)OC4C[C@H]5CC[C@@H](C4)[N+]5(C)Cc4ccc(OC(C)=O)c(OC)c4)C2)C3)ccc1OC(C)=O. The monoisotopic (exact) mass is 776 g/mol. The summed E-state index contributed by atoms with van der Waals surface area (Å²) in [5.41, 5.74) is 2.24. The Hall–Kier alpha value is -4.16. The van der Waals surface area contributed by atoms with Gasteiger partial charge in [-0.05, 0) is 55.7 Å². The third-order valence-electron chi connectivity index (χ3n) is 14.1. The van der Waals surface area contributed by atoms with Gasteiger partial charge in [0.15, 0.2) is 23.0 Å². The zero-order valence-corrected chi connectivity index (χ0v) is 34.0. The lowest BCUT2D eigenvalue weighted by Gasteiger charge is -2.47. The number of piperidine rings is 2. The minimum Gasteiger partial charge on any atom is -0.493 e. The zero-order chi connectivity index (χ0) is 39.8. The van der Waals surface area contributed by atoms with Crippen molar-refractivity contribution in [1.29, 1.82) is 0 Å². The normalized spacial score (nSPS) is 33.2. The molecule has 12 heteroatoms. The van der Waals surface area contributed by atoms with Gasteiger partial charge in [-0.1, -0.05) is 6.42 Å². The first-order valence-electron chi connectivity index (χ1n) is 20.6. The predicted octanol–water partition coefficient (Wildman–Crippen LogP) is 6.43. The van der Waals surface area contributed by atoms with Crippen LogP contribution < -0.4 is 18.9 Å². The van der Waals surface area contributed by atoms with Gasteiger partial charge in [0.25, 0.3) is 0 Å². The molecule has 4 bridgehead atoms. The van der Waals surface area contributed by atoms with Crippen LogP contribution in [-0.2, 0) is 41.7 Å². The Morgan fingerprint density at radius 1 is 0.554 bits per heavy atom. The van der Waals surface area contributed by atoms with E-state index in [0.29, 0.717) is 53.6 Å². The highest BCUT2D eigenvalue weighted by Gasteiger charge is 2.54. The maximum atomic E-state index is 13.7. The van der Waals surface area contributed by atoms with Gasteiger partial charge >= 0.3 is 23.9 Å². The minimum atomic E-state index is -0.384. The van der Waals surface area contributed by atoms with Gasteiger partial charge in [0, 0.05) is 76.3 Å². The topological polar surface area (TPSA) is 124 Å². The van der Waals surface area contributed by atoms with E-state index in [0.717, 1.165) is 104 Å². The average Bonchev–Trinajstić information content (AvgIpc) is 3.38. The fraction of sp³-hybridized carbons (Fsp3) is 0.636. The Balaban J connectivity index is 0.901. The summed E-state index contributed by atoms with van der Waals surface area (Å²) in [5, 5.41) is 0. The third-order valence-corrected chi connectivity index (χ3v) is 14.1. The molecule has 2 aromatic rings. The van der Waals surface area contributed by atoms with Crippen LogP contribution >= 0.6 is 0 Å². The molecule has 7 rings (SSSR count). The molecule has 56 heavy (non-hydrogen) atoms. The van der Waals surface area contributed by atoms with Crippen molar-refractivity contribution in [1.82, 2.24) is 0 Å². The van der Waals surface area contributed by atoms with E-state index in [4.69, 9.17) is 28.4 Å². The quantitative estimate of drug-likeness (QED) is 0.135. The van der Waals surface area contributed by atoms with Crippen molar-refractivity contribution in [2.24, 2.45) is 11.8 Å². The number of methoxy groups -OCH3 is 2. The summed E-state index contributed by atoms with van der Waals surface area (Å²) in [6, 6.07) is 13.0. The molecule has 0 spiro atoms. The molecule has 304 valence electrons. The number of esters is 4. The fourth-order valence-corrected chi connectivity index (χ4v) is 11.1. The lowest BCUT2D eigenvalue weighted by molar-refractivity contribution is -0.961. The summed E-state index contributed by atoms with van der Waals surface area (Å²) >= 11 is 0. The third kappa shape index (κ3) is 8.28. The van der Waals surface area contributed by atoms with Gasteiger partial charge < -0.3 is 37.4 Å². The summed E-state index contributed by atoms with van der Waals surface area (Å²) in [4.78, 5) is 50.4. The van der Waals surface area contributed by atoms with Crippen LogP contribution in [0.3, 0.4) is 0 Å². The number of benzene rings is 2. The van der Waals surface area contributed by atoms with Crippen LogP contribution in [0.2, 0.25) is 0 Å². The number of fused-ring (bicyclic) bond motifs is 4. The van der Waals surface area contributed by atoms with Gasteiger partial charge in [0.05, 0.1) is 64.3 Å². The zero-order valence-electron chi connectivity index (χ0n) is 34.0. The first-order chi connectivity index (χ1) is 26.8. The Morgan fingerprint density at radius 2 is 0.929 bits per heavy atom. The van der Waals surface area contributed by atoms with Crippen molar-refractivity contribution in [2.75, 3.05) is 28.3 Å². The smallest absolute Gasteiger partial charge is 0.309 e. The molecule has 1 saturated carbocycles. The molecule has 6 unspecified atom stereocenters. The van der Waals surface area contributed by atoms with E-state index in [1.807, 2.05) is 24.3 Å². The molecule has 0 N–H and O–H groups in total. The summed E-state index contributed by atoms with van der Waals surface area (Å²) in [7, 11) is 7.78. The standard InChI is InChI=1S/C44H60N2O10/c1-27(47)53-39-16-10-29(18-41(39)51-5)25-45(3)33-12-13-34(45)22-37(21-33)55-43(49)31-8-7-9-32(20-31)44(50)56-38-23-35-14-15-36(24-38)46(35,4)26-30-11-17-40(54-28(2)48)42(19-30)52-6/h10-11,16-19,31-38H,7-9,12-15,20-26H2,1-6H3/q+2/t31?,32?,33-,34+,35-,36+,37?,38?,45?,46?. The molecule has 5 fully saturated rings. The number of quaternary nitrogens is 2. The first-order valence-corrected chi connectivity index (χ1v) is 20.6. The highest BCUT2D eigenvalue weighted by Crippen LogP contribution is 2.46. The molecule has 2 aromatic carbocycles. The van der Waals surface area contributed by atoms with Gasteiger partial charge in [-0.15, -0.1) is 0 Å². The van der Waals surface area contributed by atoms with E-state index in [2.05, 4.69) is 14.1 Å². The summed E-state index contributed by atoms with van der Waals surface area (Å²) in [6.07, 6.45) is 10.3. The molecule has 0 aromatic heterocycles. The Bertz CT molecular complexity index is 1660. The lowest BCUT2D eigenvalue weighted by Crippen LogP contribution is -2.58. The van der Waals surface area contributed by atoms with Gasteiger partial charge in [-0.2, -0.15) is 0 Å². The fourth-order valence-electron chi connectivity index (χ4n) is 11.1. The van der Waals surface area contributed by atoms with Crippen molar-refractivity contribution < 1.29 is 56.6 Å². The molecular weight excluding hydrogens is 716 g/mol. The van der Waals surface area contributed by atoms with Crippen LogP contribution in [0.1, 0.15) is 102 Å². The summed E-state index contributed by atoms with van der Waals surface area (Å²) in [6.45, 7) is 4.40. The van der Waals surface area contributed by atoms with E-state index < -0.39 is 0 Å². The largest absolute Gasteiger partial charge is 0.493 e. The predicted molar refractivity (Wildman–Crippen MR) is 206 cm³/mol. The van der Waals surface area contributed by atoms with E-state index >= 15 is 0 Å². The Kier molecular flexibility index (Phi) is 11.7. The van der Waals surface area contributed by atoms with Crippen LogP contribution in [0.15, 0.2) is 36.4 Å². The first kappa shape index (κ1) is 40.1. The Labute approximate surface area is 330 Å². The van der Waals surface area contributed by atoms with Crippen molar-refractivity contribution in [3.63, 3.8) is 0 Å². The van der Waals surface area contributed by atoms with Gasteiger partial charge in [-0.3, -0.25) is 19.2 Å². The summed E-state index contributed by atoms with van der Waals surface area (Å²) < 4.78 is 36.0. The van der Waals surface area contributed by atoms with E-state index in [1.165, 1.54) is 13.8 Å². The van der Waals surface area contributed by atoms with Crippen LogP contribution in [0.25, 0.3) is 0 Å². The van der Waals surface area contributed by atoms with E-state index in [-0.39, 0.29) is 47.9 Å². The van der Waals surface area contributed by atoms with Crippen LogP contribution in [0.5, 0.6) is 23.0 Å². The second-order valence-electron chi connectivity index (χ2n) is 17.6. The maximum absolute atomic E-state index is 13.7. The number of ether oxygens (including phenoxy) is 6. The molecule has 4 heterocycles. The molecule has 5 aliphatic rings. The molecular formula is C44H60N2O10+2. The summed E-state index contributed by atoms with van der Waals surface area (Å²) in [5.74, 6) is 0.281. The highest BCUT2D eigenvalue weighted by atomic mass is 16.6. The number of carbonyl (C=O) groups is 4. The molecule has 10 atom stereocenters. The van der Waals surface area contributed by atoms with Crippen molar-refractivity contribution in [2.45, 2.75) is 140 Å². The van der Waals surface area contributed by atoms with Crippen molar-refractivity contribution in [3.05, 3.63) is 47.5 Å². The van der Waals surface area contributed by atoms with Crippen LogP contribution in [0.4, 0.5) is 0 Å². The number of carbonyl (C=O) groups excluding carboxylic acids is 4. The molecule has 1 aliphatic carbocycles. The number of hydrogen-bond donors (Lipinski definition) is 0. The minimum absolute atomic E-state index is 0.113. The number of hydrogen-bond acceptors (Lipinski definition) is 10. The van der Waals surface area contributed by atoms with Crippen molar-refractivity contribution >= 4 is 23.9 Å². The average molecular weight is 777 g/mol. The number of rotatable bonds is 12. The van der Waals surface area contributed by atoms with Gasteiger partial charge in [0.1, 0.15) is 25.3 Å². The van der Waals surface area contributed by atoms with Crippen LogP contribution in [0, 0.1) is 11.8 Å². The molecule has 4 aliphatic heterocycles. The lowest BCUT2D eigenvalue weighted by atomic mass is 9.81. The maximum Gasteiger partial charge on any atom is 0.309 e. The van der Waals surface area contributed by atoms with E-state index in [1.54, 1.807) is 26.4 Å². The molecule has 0 amide bonds. The second-order valence-corrected chi connectivity index (χ2v) is 17.6. The molecule has 0 radical (unpaired) electrons. The molecule has 4 saturated heterocycles. The van der Waals surface area contributed by atoms with Crippen molar-refractivity contribution in [3.8, 4) is 23.0 Å². The van der Waals surface area contributed by atoms with E-state index in [9.17, 15) is 19.2 Å². The molecule has 12 nitrogen and oxygen atoms in total. The number of nitrogens with zero attached hydrogens (tertiary/aromatic N) is 2. The Morgan fingerprint density at radius 3 is 1.27 bits per heavy atom. The van der Waals surface area contributed by atoms with Gasteiger partial charge in [0.2, 0.25) is 0 Å². The van der Waals surface area contributed by atoms with Gasteiger partial charge in [-0.25, -0.2) is 0 Å². The highest BCUT2D eigenvalue weighted by molar-refractivity contribution is 5.77. The van der Waals surface area contributed by atoms with Crippen LogP contribution in [-0.4, -0.2) is 97.5 Å². The second kappa shape index (κ2) is 16.4.